The van der Waals surface area contributed by atoms with Crippen LogP contribution in [0.5, 0.6) is 0 Å². The molecule has 0 aliphatic carbocycles. The van der Waals surface area contributed by atoms with Crippen molar-refractivity contribution in [2.24, 2.45) is 0 Å². The SMILES string of the molecule is FC(F)(F)OBOC(F)(F)F. The highest BCUT2D eigenvalue weighted by atomic mass is 19.4. The van der Waals surface area contributed by atoms with Gasteiger partial charge in [0.2, 0.25) is 0 Å². The molecule has 0 amide bonds. The van der Waals surface area contributed by atoms with Gasteiger partial charge in [-0.1, -0.05) is 0 Å². The first-order valence-corrected chi connectivity index (χ1v) is 2.12. The minimum Gasteiger partial charge on any atom is -0.327 e. The van der Waals surface area contributed by atoms with Crippen LogP contribution >= 0.6 is 0 Å². The van der Waals surface area contributed by atoms with Crippen LogP contribution in [0.1, 0.15) is 0 Å². The predicted octanol–water partition coefficient (Wildman–Crippen LogP) is 1.33. The number of halogens is 6. The predicted molar refractivity (Wildman–Crippen MR) is 21.4 cm³/mol. The van der Waals surface area contributed by atoms with Gasteiger partial charge in [-0.15, -0.1) is 26.3 Å². The number of hydrogen-bond acceptors (Lipinski definition) is 2. The van der Waals surface area contributed by atoms with Gasteiger partial charge in [0.05, 0.1) is 0 Å². The molecule has 0 saturated carbocycles. The highest BCUT2D eigenvalue weighted by Crippen LogP contribution is 2.19. The third-order valence-corrected chi connectivity index (χ3v) is 0.445. The van der Waals surface area contributed by atoms with E-state index in [1.165, 1.54) is 0 Å². The Hall–Kier alpha value is -0.435. The van der Waals surface area contributed by atoms with Crippen LogP contribution in [0.15, 0.2) is 0 Å². The van der Waals surface area contributed by atoms with E-state index in [-0.39, 0.29) is 0 Å². The summed E-state index contributed by atoms with van der Waals surface area (Å²) in [5.41, 5.74) is 0. The van der Waals surface area contributed by atoms with Crippen LogP contribution in [0.2, 0.25) is 0 Å². The second kappa shape index (κ2) is 3.31. The molecule has 0 atom stereocenters. The fourth-order valence-corrected chi connectivity index (χ4v) is 0.163. The molecule has 0 radical (unpaired) electrons. The molecule has 0 aliphatic rings. The van der Waals surface area contributed by atoms with Crippen molar-refractivity contribution in [2.45, 2.75) is 12.7 Å². The lowest BCUT2D eigenvalue weighted by atomic mass is 10.4. The fourth-order valence-electron chi connectivity index (χ4n) is 0.163. The van der Waals surface area contributed by atoms with Gasteiger partial charge in [0, 0.05) is 0 Å². The quantitative estimate of drug-likeness (QED) is 0.473. The maximum Gasteiger partial charge on any atom is 0.510 e. The summed E-state index contributed by atoms with van der Waals surface area (Å²) in [4.78, 5) is 0. The molecule has 11 heavy (non-hydrogen) atoms. The highest BCUT2D eigenvalue weighted by Gasteiger charge is 2.35. The van der Waals surface area contributed by atoms with Crippen LogP contribution < -0.4 is 0 Å². The Morgan fingerprint density at radius 1 is 0.727 bits per heavy atom. The molecule has 9 heteroatoms. The van der Waals surface area contributed by atoms with Crippen molar-refractivity contribution >= 4 is 7.69 Å². The van der Waals surface area contributed by atoms with E-state index in [0.29, 0.717) is 0 Å². The van der Waals surface area contributed by atoms with Gasteiger partial charge in [-0.25, -0.2) is 0 Å². The molecule has 66 valence electrons. The van der Waals surface area contributed by atoms with Gasteiger partial charge in [-0.2, -0.15) is 0 Å². The lowest BCUT2D eigenvalue weighted by molar-refractivity contribution is -0.311. The van der Waals surface area contributed by atoms with E-state index in [1.807, 2.05) is 0 Å². The largest absolute Gasteiger partial charge is 0.510 e. The number of alkyl halides is 6. The van der Waals surface area contributed by atoms with Crippen molar-refractivity contribution in [3.63, 3.8) is 0 Å². The maximum atomic E-state index is 11.0. The van der Waals surface area contributed by atoms with E-state index in [1.54, 1.807) is 0 Å². The smallest absolute Gasteiger partial charge is 0.327 e. The Bertz CT molecular complexity index is 103. The second-order valence-corrected chi connectivity index (χ2v) is 1.30. The summed E-state index contributed by atoms with van der Waals surface area (Å²) in [5.74, 6) is 0. The molecular weight excluding hydrogens is 181 g/mol. The molecule has 0 N–H and O–H groups in total. The first-order valence-electron chi connectivity index (χ1n) is 2.12. The normalized spacial score (nSPS) is 13.3. The van der Waals surface area contributed by atoms with Crippen molar-refractivity contribution in [3.05, 3.63) is 0 Å². The van der Waals surface area contributed by atoms with Gasteiger partial charge in [-0.3, -0.25) is 0 Å². The molecule has 0 heterocycles. The molecule has 0 spiro atoms. The first kappa shape index (κ1) is 10.6. The molecular formula is C2HBF6O2. The molecule has 0 aliphatic heterocycles. The van der Waals surface area contributed by atoms with Crippen molar-refractivity contribution in [2.75, 3.05) is 0 Å². The van der Waals surface area contributed by atoms with Crippen molar-refractivity contribution in [3.8, 4) is 0 Å². The van der Waals surface area contributed by atoms with Crippen LogP contribution in [0.3, 0.4) is 0 Å². The third kappa shape index (κ3) is 9.56. The Balaban J connectivity index is 3.44. The van der Waals surface area contributed by atoms with Gasteiger partial charge in [0.15, 0.2) is 0 Å². The van der Waals surface area contributed by atoms with Gasteiger partial charge in [0.1, 0.15) is 0 Å². The molecule has 0 fully saturated rings. The summed E-state index contributed by atoms with van der Waals surface area (Å²) in [6.07, 6.45) is -10.2. The molecule has 0 aromatic rings. The summed E-state index contributed by atoms with van der Waals surface area (Å²) in [7, 11) is -1.88. The average molecular weight is 182 g/mol. The molecule has 0 saturated heterocycles. The van der Waals surface area contributed by atoms with Crippen molar-refractivity contribution in [1.82, 2.24) is 0 Å². The molecule has 0 aromatic heterocycles. The summed E-state index contributed by atoms with van der Waals surface area (Å²) >= 11 is 0. The molecule has 0 bridgehead atoms. The maximum absolute atomic E-state index is 11.0. The Labute approximate surface area is 57.4 Å². The van der Waals surface area contributed by atoms with Crippen LogP contribution in [0, 0.1) is 0 Å². The van der Waals surface area contributed by atoms with Crippen LogP contribution in [-0.4, -0.2) is 20.4 Å². The molecule has 0 aromatic carbocycles. The zero-order chi connectivity index (χ0) is 9.12. The van der Waals surface area contributed by atoms with E-state index in [9.17, 15) is 26.3 Å². The summed E-state index contributed by atoms with van der Waals surface area (Å²) in [6.45, 7) is 0. The van der Waals surface area contributed by atoms with Gasteiger partial charge in [0.25, 0.3) is 0 Å². The highest BCUT2D eigenvalue weighted by molar-refractivity contribution is 6.18. The Kier molecular flexibility index (Phi) is 3.18. The summed E-state index contributed by atoms with van der Waals surface area (Å²) in [6, 6.07) is 0. The van der Waals surface area contributed by atoms with E-state index in [4.69, 9.17) is 0 Å². The fraction of sp³-hybridized carbons (Fsp3) is 1.00. The minimum atomic E-state index is -5.11. The molecule has 0 unspecified atom stereocenters. The lowest BCUT2D eigenvalue weighted by Crippen LogP contribution is -2.24. The van der Waals surface area contributed by atoms with Crippen molar-refractivity contribution in [1.29, 1.82) is 0 Å². The van der Waals surface area contributed by atoms with Crippen LogP contribution in [0.25, 0.3) is 0 Å². The monoisotopic (exact) mass is 182 g/mol. The van der Waals surface area contributed by atoms with E-state index in [2.05, 4.69) is 9.31 Å². The second-order valence-electron chi connectivity index (χ2n) is 1.30. The Morgan fingerprint density at radius 2 is 1.00 bits per heavy atom. The minimum absolute atomic E-state index is 1.88. The topological polar surface area (TPSA) is 18.5 Å². The summed E-state index contributed by atoms with van der Waals surface area (Å²) in [5, 5.41) is 0. The van der Waals surface area contributed by atoms with Crippen LogP contribution in [-0.2, 0) is 9.31 Å². The van der Waals surface area contributed by atoms with E-state index < -0.39 is 20.4 Å². The molecule has 0 rings (SSSR count). The van der Waals surface area contributed by atoms with Crippen molar-refractivity contribution < 1.29 is 35.7 Å². The average Bonchev–Trinajstić information content (AvgIpc) is 1.55. The van der Waals surface area contributed by atoms with Gasteiger partial charge >= 0.3 is 20.4 Å². The van der Waals surface area contributed by atoms with Gasteiger partial charge < -0.3 is 9.31 Å². The third-order valence-electron chi connectivity index (χ3n) is 0.445. The number of rotatable bonds is 2. The number of hydrogen-bond donors (Lipinski definition) is 0. The van der Waals surface area contributed by atoms with Crippen LogP contribution in [0.4, 0.5) is 26.3 Å². The van der Waals surface area contributed by atoms with E-state index >= 15 is 0 Å². The summed E-state index contributed by atoms with van der Waals surface area (Å²) < 4.78 is 71.1. The van der Waals surface area contributed by atoms with E-state index in [0.717, 1.165) is 0 Å². The standard InChI is InChI=1S/C2HBF6O2/c4-1(5,6)10-3-11-2(7,8)9/h3H. The Morgan fingerprint density at radius 3 is 1.18 bits per heavy atom. The first-order chi connectivity index (χ1) is 4.71. The molecule has 2 nitrogen and oxygen atoms in total. The zero-order valence-electron chi connectivity index (χ0n) is 4.79. The zero-order valence-corrected chi connectivity index (χ0v) is 4.79. The lowest BCUT2D eigenvalue weighted by Gasteiger charge is -2.08. The van der Waals surface area contributed by atoms with Gasteiger partial charge in [-0.05, 0) is 0 Å².